The van der Waals surface area contributed by atoms with Gasteiger partial charge in [-0.1, -0.05) is 11.3 Å². The monoisotopic (exact) mass is 542 g/mol. The standard InChI is InChI=1S/C23H23FN8O3S2/c1-37(34)14-4-5-16(15(24)13-14)30-9-6-29(7-10-30)8-11-31-20-18(36-23(31)33)21-26-19(17-3-2-12-35-17)28-32(21)22(25)27-20/h2-5,12-13H,6-11H2,1H3,(H2,25,27). The number of nitrogen functional groups attached to an aromatic ring is 1. The Morgan fingerprint density at radius 1 is 1.16 bits per heavy atom. The van der Waals surface area contributed by atoms with Gasteiger partial charge in [0.05, 0.1) is 12.0 Å². The summed E-state index contributed by atoms with van der Waals surface area (Å²) in [5.41, 5.74) is 7.61. The van der Waals surface area contributed by atoms with Crippen molar-refractivity contribution in [1.29, 1.82) is 0 Å². The molecule has 0 bridgehead atoms. The fraction of sp³-hybridized carbons (Fsp3) is 0.304. The maximum atomic E-state index is 14.6. The van der Waals surface area contributed by atoms with Crippen LogP contribution in [-0.2, 0) is 17.7 Å². The molecule has 0 spiro atoms. The van der Waals surface area contributed by atoms with Crippen LogP contribution in [0.4, 0.5) is 16.0 Å². The summed E-state index contributed by atoms with van der Waals surface area (Å²) in [5.74, 6) is 0.632. The van der Waals surface area contributed by atoms with Crippen molar-refractivity contribution in [2.24, 2.45) is 0 Å². The van der Waals surface area contributed by atoms with Crippen LogP contribution in [0.25, 0.3) is 27.6 Å². The molecule has 37 heavy (non-hydrogen) atoms. The average molecular weight is 543 g/mol. The van der Waals surface area contributed by atoms with Crippen molar-refractivity contribution in [3.63, 3.8) is 0 Å². The van der Waals surface area contributed by atoms with Crippen LogP contribution in [0.1, 0.15) is 0 Å². The van der Waals surface area contributed by atoms with E-state index in [9.17, 15) is 13.7 Å². The summed E-state index contributed by atoms with van der Waals surface area (Å²) in [6.07, 6.45) is 3.07. The van der Waals surface area contributed by atoms with E-state index in [-0.39, 0.29) is 16.6 Å². The highest BCUT2D eigenvalue weighted by Crippen LogP contribution is 2.26. The Morgan fingerprint density at radius 3 is 2.68 bits per heavy atom. The van der Waals surface area contributed by atoms with E-state index in [1.54, 1.807) is 28.8 Å². The van der Waals surface area contributed by atoms with E-state index < -0.39 is 11.2 Å². The highest BCUT2D eigenvalue weighted by Gasteiger charge is 2.23. The lowest BCUT2D eigenvalue weighted by Crippen LogP contribution is -2.47. The van der Waals surface area contributed by atoms with Gasteiger partial charge in [-0.25, -0.2) is 9.37 Å². The van der Waals surface area contributed by atoms with Gasteiger partial charge in [-0.2, -0.15) is 9.50 Å². The van der Waals surface area contributed by atoms with Crippen LogP contribution in [0, 0.1) is 5.82 Å². The topological polar surface area (TPSA) is 134 Å². The Kier molecular flexibility index (Phi) is 6.10. The van der Waals surface area contributed by atoms with Gasteiger partial charge >= 0.3 is 4.87 Å². The molecule has 4 aromatic heterocycles. The number of thiazole rings is 1. The zero-order chi connectivity index (χ0) is 25.7. The number of nitrogens with two attached hydrogens (primary N) is 1. The molecular formula is C23H23FN8O3S2. The third-order valence-corrected chi connectivity index (χ3v) is 8.34. The molecule has 14 heteroatoms. The first-order valence-electron chi connectivity index (χ1n) is 11.6. The molecule has 11 nitrogen and oxygen atoms in total. The van der Waals surface area contributed by atoms with Crippen LogP contribution in [0.3, 0.4) is 0 Å². The molecule has 6 rings (SSSR count). The number of fused-ring (bicyclic) bond motifs is 3. The first kappa shape index (κ1) is 23.9. The van der Waals surface area contributed by atoms with Crippen molar-refractivity contribution in [3.8, 4) is 11.6 Å². The van der Waals surface area contributed by atoms with E-state index in [0.29, 0.717) is 77.4 Å². The molecule has 0 aliphatic carbocycles. The normalized spacial score (nSPS) is 15.7. The summed E-state index contributed by atoms with van der Waals surface area (Å²) in [6, 6.07) is 8.23. The number of furan rings is 1. The first-order valence-corrected chi connectivity index (χ1v) is 14.0. The molecule has 192 valence electrons. The third-order valence-electron chi connectivity index (χ3n) is 6.46. The van der Waals surface area contributed by atoms with Gasteiger partial charge in [0.1, 0.15) is 11.0 Å². The van der Waals surface area contributed by atoms with E-state index in [1.165, 1.54) is 23.1 Å². The minimum Gasteiger partial charge on any atom is -0.612 e. The lowest BCUT2D eigenvalue weighted by Gasteiger charge is -2.36. The van der Waals surface area contributed by atoms with Gasteiger partial charge < -0.3 is 19.6 Å². The molecule has 0 radical (unpaired) electrons. The second kappa shape index (κ2) is 9.45. The molecule has 5 heterocycles. The summed E-state index contributed by atoms with van der Waals surface area (Å²) >= 11 is -0.161. The smallest absolute Gasteiger partial charge is 0.309 e. The van der Waals surface area contributed by atoms with Crippen molar-refractivity contribution in [1.82, 2.24) is 29.0 Å². The Morgan fingerprint density at radius 2 is 1.97 bits per heavy atom. The average Bonchev–Trinajstić information content (AvgIpc) is 3.62. The lowest BCUT2D eigenvalue weighted by molar-refractivity contribution is 0.248. The molecule has 1 aliphatic rings. The molecule has 1 aromatic carbocycles. The molecule has 1 fully saturated rings. The maximum absolute atomic E-state index is 14.6. The number of hydrogen-bond acceptors (Lipinski definition) is 10. The minimum absolute atomic E-state index is 0.132. The van der Waals surface area contributed by atoms with Gasteiger partial charge in [-0.05, 0) is 35.4 Å². The third kappa shape index (κ3) is 4.35. The van der Waals surface area contributed by atoms with Crippen LogP contribution < -0.4 is 15.5 Å². The molecule has 1 aliphatic heterocycles. The molecule has 2 N–H and O–H groups in total. The summed E-state index contributed by atoms with van der Waals surface area (Å²) in [4.78, 5) is 26.4. The molecule has 0 saturated carbocycles. The van der Waals surface area contributed by atoms with E-state index >= 15 is 0 Å². The predicted molar refractivity (Wildman–Crippen MR) is 140 cm³/mol. The summed E-state index contributed by atoms with van der Waals surface area (Å²) in [6.45, 7) is 3.79. The summed E-state index contributed by atoms with van der Waals surface area (Å²) in [7, 11) is 0. The number of piperazine rings is 1. The first-order chi connectivity index (χ1) is 17.9. The largest absolute Gasteiger partial charge is 0.612 e. The number of rotatable bonds is 6. The molecule has 1 unspecified atom stereocenters. The van der Waals surface area contributed by atoms with Crippen LogP contribution >= 0.6 is 11.3 Å². The number of hydrogen-bond donors (Lipinski definition) is 1. The van der Waals surface area contributed by atoms with Crippen LogP contribution in [0.2, 0.25) is 0 Å². The Hall–Kier alpha value is -3.46. The molecular weight excluding hydrogens is 519 g/mol. The van der Waals surface area contributed by atoms with Crippen LogP contribution in [0.5, 0.6) is 0 Å². The number of nitrogens with zero attached hydrogens (tertiary/aromatic N) is 7. The number of benzene rings is 1. The summed E-state index contributed by atoms with van der Waals surface area (Å²) < 4.78 is 35.2. The van der Waals surface area contributed by atoms with E-state index in [4.69, 9.17) is 10.2 Å². The number of aromatic nitrogens is 5. The SMILES string of the molecule is C[S+]([O-])c1ccc(N2CCN(CCn3c(=O)sc4c3nc(N)n3nc(-c5ccco5)nc43)CC2)c(F)c1. The van der Waals surface area contributed by atoms with E-state index in [2.05, 4.69) is 20.0 Å². The number of halogens is 1. The second-order valence-electron chi connectivity index (χ2n) is 8.69. The van der Waals surface area contributed by atoms with Crippen molar-refractivity contribution in [3.05, 3.63) is 52.1 Å². The van der Waals surface area contributed by atoms with Gasteiger partial charge in [-0.3, -0.25) is 14.3 Å². The highest BCUT2D eigenvalue weighted by molar-refractivity contribution is 7.90. The quantitative estimate of drug-likeness (QED) is 0.320. The number of anilines is 2. The van der Waals surface area contributed by atoms with Gasteiger partial charge in [0.25, 0.3) is 0 Å². The Balaban J connectivity index is 1.18. The van der Waals surface area contributed by atoms with Crippen molar-refractivity contribution < 1.29 is 13.4 Å². The van der Waals surface area contributed by atoms with Crippen molar-refractivity contribution in [2.45, 2.75) is 11.4 Å². The Bertz CT molecular complexity index is 1640. The Labute approximate surface area is 217 Å². The van der Waals surface area contributed by atoms with E-state index in [0.717, 1.165) is 11.3 Å². The zero-order valence-corrected chi connectivity index (χ0v) is 21.5. The fourth-order valence-electron chi connectivity index (χ4n) is 4.51. The summed E-state index contributed by atoms with van der Waals surface area (Å²) in [5, 5.41) is 4.38. The van der Waals surface area contributed by atoms with Gasteiger partial charge in [0.15, 0.2) is 27.8 Å². The van der Waals surface area contributed by atoms with Gasteiger partial charge in [0.2, 0.25) is 11.8 Å². The maximum Gasteiger partial charge on any atom is 0.309 e. The van der Waals surface area contributed by atoms with Gasteiger partial charge in [0, 0.05) is 45.3 Å². The fourth-order valence-corrected chi connectivity index (χ4v) is 5.97. The molecule has 1 atom stereocenters. The molecule has 5 aromatic rings. The second-order valence-corrected chi connectivity index (χ2v) is 11.0. The van der Waals surface area contributed by atoms with Crippen molar-refractivity contribution in [2.75, 3.05) is 49.6 Å². The van der Waals surface area contributed by atoms with Crippen LogP contribution in [-0.4, -0.2) is 72.6 Å². The van der Waals surface area contributed by atoms with Gasteiger partial charge in [-0.15, -0.1) is 5.10 Å². The predicted octanol–water partition coefficient (Wildman–Crippen LogP) is 2.04. The zero-order valence-electron chi connectivity index (χ0n) is 19.8. The minimum atomic E-state index is -1.22. The molecule has 1 saturated heterocycles. The molecule has 0 amide bonds. The lowest BCUT2D eigenvalue weighted by atomic mass is 10.2. The van der Waals surface area contributed by atoms with Crippen LogP contribution in [0.15, 0.2) is 50.7 Å². The van der Waals surface area contributed by atoms with E-state index in [1.807, 2.05) is 4.90 Å². The van der Waals surface area contributed by atoms with Crippen molar-refractivity contribution >= 4 is 50.1 Å². The highest BCUT2D eigenvalue weighted by atomic mass is 32.2.